The van der Waals surface area contributed by atoms with E-state index in [4.69, 9.17) is 9.13 Å². The van der Waals surface area contributed by atoms with Crippen LogP contribution in [-0.2, 0) is 20.3 Å². The first-order valence-corrected chi connectivity index (χ1v) is 3.92. The Morgan fingerprint density at radius 1 is 2.00 bits per heavy atom. The molecule has 0 aliphatic rings. The molecule has 0 rings (SSSR count). The molecule has 0 saturated carbocycles. The van der Waals surface area contributed by atoms with Gasteiger partial charge in [-0.15, -0.1) is 0 Å². The molecule has 0 unspecified atom stereocenters. The summed E-state index contributed by atoms with van der Waals surface area (Å²) >= 11 is -3.30. The quantitative estimate of drug-likeness (QED) is 0.621. The molecule has 5 heavy (non-hydrogen) atoms. The Bertz CT molecular complexity index is 82.1. The van der Waals surface area contributed by atoms with Crippen molar-refractivity contribution in [3.63, 3.8) is 0 Å². The maximum absolute atomic E-state index is 9.26. The van der Waals surface area contributed by atoms with Gasteiger partial charge < -0.3 is 0 Å². The van der Waals surface area contributed by atoms with E-state index in [1.807, 2.05) is 0 Å². The number of nitriles is 1. The Labute approximate surface area is 34.7 Å². The van der Waals surface area contributed by atoms with Crippen LogP contribution in [0.25, 0.3) is 0 Å². The van der Waals surface area contributed by atoms with Crippen LogP contribution in [0.4, 0.5) is 0 Å². The summed E-state index contributed by atoms with van der Waals surface area (Å²) in [4.78, 5) is 0. The molecule has 0 spiro atoms. The average Bonchev–Trinajstić information content (AvgIpc) is 1.38. The molecule has 4 heteroatoms. The first-order chi connectivity index (χ1) is 2.27. The van der Waals surface area contributed by atoms with E-state index in [9.17, 15) is 3.50 Å². The first-order valence-electron chi connectivity index (χ1n) is 0.675. The zero-order valence-electron chi connectivity index (χ0n) is 2.14. The van der Waals surface area contributed by atoms with Crippen LogP contribution in [0.3, 0.4) is 0 Å². The number of hydrogen-bond acceptors (Lipinski definition) is 2. The molecule has 0 radical (unpaired) electrons. The van der Waals surface area contributed by atoms with Crippen molar-refractivity contribution >= 4 is 0 Å². The summed E-state index contributed by atoms with van der Waals surface area (Å²) in [7, 11) is 0. The van der Waals surface area contributed by atoms with Crippen LogP contribution in [0.15, 0.2) is 0 Å². The summed E-state index contributed by atoms with van der Waals surface area (Å²) in [5, 5.41) is 7.41. The first kappa shape index (κ1) is 4.90. The summed E-state index contributed by atoms with van der Waals surface area (Å²) in [5.74, 6) is 0. The van der Waals surface area contributed by atoms with Gasteiger partial charge in [-0.2, -0.15) is 0 Å². The molecule has 0 aromatic carbocycles. The molecule has 0 amide bonds. The normalized spacial score (nSPS) is 9.20. The molecule has 0 aliphatic heterocycles. The zero-order chi connectivity index (χ0) is 4.28. The van der Waals surface area contributed by atoms with E-state index < -0.39 is 16.8 Å². The van der Waals surface area contributed by atoms with Crippen molar-refractivity contribution in [1.29, 1.82) is 5.26 Å². The SMILES string of the molecule is N#[C][Ir](=[O])[OH]. The fourth-order valence-electron chi connectivity index (χ4n) is 0. The van der Waals surface area contributed by atoms with Gasteiger partial charge in [0.1, 0.15) is 0 Å². The van der Waals surface area contributed by atoms with Crippen LogP contribution in [0.5, 0.6) is 0 Å². The fourth-order valence-corrected chi connectivity index (χ4v) is 0. The standard InChI is InChI=1S/CN.Ir.H2O.O/c1-2;;;/h;;1H2;/q;+1;;/p-1. The topological polar surface area (TPSA) is 61.1 Å². The molecule has 0 atom stereocenters. The molecule has 0 saturated heterocycles. The van der Waals surface area contributed by atoms with Crippen molar-refractivity contribution < 1.29 is 24.2 Å². The van der Waals surface area contributed by atoms with E-state index in [1.54, 1.807) is 0 Å². The van der Waals surface area contributed by atoms with E-state index in [0.717, 1.165) is 0 Å². The van der Waals surface area contributed by atoms with Gasteiger partial charge in [-0.05, 0) is 0 Å². The van der Waals surface area contributed by atoms with Crippen LogP contribution < -0.4 is 0 Å². The molecule has 3 nitrogen and oxygen atoms in total. The molecule has 0 fully saturated rings. The van der Waals surface area contributed by atoms with Crippen LogP contribution >= 0.6 is 0 Å². The van der Waals surface area contributed by atoms with Gasteiger partial charge in [0.25, 0.3) is 0 Å². The second-order valence-corrected chi connectivity index (χ2v) is 2.28. The fraction of sp³-hybridized carbons (Fsp3) is 0. The Balaban J connectivity index is 3.35. The molecule has 0 aliphatic carbocycles. The van der Waals surface area contributed by atoms with Crippen LogP contribution in [0.1, 0.15) is 0 Å². The summed E-state index contributed by atoms with van der Waals surface area (Å²) in [6, 6.07) is 0. The predicted octanol–water partition coefficient (Wildman–Crippen LogP) is -0.662. The van der Waals surface area contributed by atoms with Crippen molar-refractivity contribution in [1.82, 2.24) is 0 Å². The van der Waals surface area contributed by atoms with E-state index >= 15 is 0 Å². The predicted molar refractivity (Wildman–Crippen MR) is 8.52 cm³/mol. The van der Waals surface area contributed by atoms with Gasteiger partial charge in [0, 0.05) is 0 Å². The Morgan fingerprint density at radius 3 is 2.20 bits per heavy atom. The molecular weight excluding hydrogens is 250 g/mol. The zero-order valence-corrected chi connectivity index (χ0v) is 4.53. The van der Waals surface area contributed by atoms with E-state index in [1.165, 1.54) is 4.58 Å². The number of nitrogens with zero attached hydrogens (tertiary/aromatic N) is 1. The van der Waals surface area contributed by atoms with Crippen LogP contribution in [0.2, 0.25) is 0 Å². The van der Waals surface area contributed by atoms with Gasteiger partial charge in [0.15, 0.2) is 0 Å². The minimum absolute atomic E-state index is 1.19. The van der Waals surface area contributed by atoms with E-state index in [0.29, 0.717) is 0 Å². The van der Waals surface area contributed by atoms with Gasteiger partial charge in [0.2, 0.25) is 0 Å². The minimum atomic E-state index is -3.30. The van der Waals surface area contributed by atoms with Crippen LogP contribution in [-0.4, -0.2) is 3.86 Å². The molecule has 0 heterocycles. The molecule has 1 N–H and O–H groups in total. The van der Waals surface area contributed by atoms with Crippen molar-refractivity contribution in [2.24, 2.45) is 0 Å². The van der Waals surface area contributed by atoms with E-state index in [2.05, 4.69) is 0 Å². The summed E-state index contributed by atoms with van der Waals surface area (Å²) in [6.45, 7) is 0. The van der Waals surface area contributed by atoms with E-state index in [-0.39, 0.29) is 0 Å². The molecule has 0 aromatic rings. The maximum atomic E-state index is 9.26. The Kier molecular flexibility index (Phi) is 2.11. The van der Waals surface area contributed by atoms with Crippen molar-refractivity contribution in [2.75, 3.05) is 0 Å². The average molecular weight is 251 g/mol. The van der Waals surface area contributed by atoms with Gasteiger partial charge in [0.05, 0.1) is 0 Å². The molecule has 31 valence electrons. The van der Waals surface area contributed by atoms with Gasteiger partial charge in [-0.25, -0.2) is 0 Å². The third kappa shape index (κ3) is 3.90. The van der Waals surface area contributed by atoms with Gasteiger partial charge >= 0.3 is 34.0 Å². The third-order valence-electron chi connectivity index (χ3n) is 0.0638. The van der Waals surface area contributed by atoms with Gasteiger partial charge in [-0.1, -0.05) is 0 Å². The Hall–Kier alpha value is -0.101. The van der Waals surface area contributed by atoms with Crippen LogP contribution in [0, 0.1) is 9.84 Å². The third-order valence-corrected chi connectivity index (χ3v) is 0.522. The molecule has 0 bridgehead atoms. The summed E-state index contributed by atoms with van der Waals surface area (Å²) in [6.07, 6.45) is 0. The second kappa shape index (κ2) is 2.16. The number of hydrogen-bond donors (Lipinski definition) is 1. The molecular formula is CHIrNO2. The second-order valence-electron chi connectivity index (χ2n) is 0.278. The van der Waals surface area contributed by atoms with Crippen molar-refractivity contribution in [3.05, 3.63) is 0 Å². The van der Waals surface area contributed by atoms with Crippen molar-refractivity contribution in [3.8, 4) is 4.58 Å². The Morgan fingerprint density at radius 2 is 2.20 bits per heavy atom. The molecule has 0 aromatic heterocycles. The summed E-state index contributed by atoms with van der Waals surface area (Å²) < 4.78 is 18.1. The summed E-state index contributed by atoms with van der Waals surface area (Å²) in [5.41, 5.74) is 0. The monoisotopic (exact) mass is 252 g/mol. The number of rotatable bonds is 0. The van der Waals surface area contributed by atoms with Crippen molar-refractivity contribution in [2.45, 2.75) is 0 Å². The van der Waals surface area contributed by atoms with Gasteiger partial charge in [-0.3, -0.25) is 0 Å².